The Morgan fingerprint density at radius 2 is 1.11 bits per heavy atom. The third-order valence-corrected chi connectivity index (χ3v) is 10.2. The highest BCUT2D eigenvalue weighted by atomic mass is 16.4. The standard InChI is InChI=1S/C23H24N4.C23H21N3O2/c1-15-4-11-19-20-13-17(14-25-22(20)23(24)26-21(19)12-15)6-5-16-7-9-18(10-8-16)27(2)3;1-13-3-8-18-19-11-15(12-25-21(19)22(24)26-20(18)9-13)4-5-16-6-7-17(23(27)28)10-14(16)2/h4,7-14H,5-6H2,1-3H3,(H2,24,26);3,6-12H,4-5H2,1-2H3,(H2,24,26)(H,27,28). The van der Waals surface area contributed by atoms with Crippen molar-refractivity contribution in [2.75, 3.05) is 30.5 Å². The molecule has 0 saturated heterocycles. The summed E-state index contributed by atoms with van der Waals surface area (Å²) in [5.74, 6) is 0.0374. The molecule has 0 unspecified atom stereocenters. The van der Waals surface area contributed by atoms with Gasteiger partial charge in [-0.25, -0.2) is 14.8 Å². The molecule has 9 nitrogen and oxygen atoms in total. The molecule has 4 heterocycles. The summed E-state index contributed by atoms with van der Waals surface area (Å²) in [6.45, 7) is 6.05. The number of aromatic nitrogens is 4. The molecule has 8 aromatic rings. The van der Waals surface area contributed by atoms with Gasteiger partial charge in [-0.2, -0.15) is 0 Å². The molecule has 9 heteroatoms. The number of aromatic carboxylic acids is 1. The molecule has 4 aromatic heterocycles. The van der Waals surface area contributed by atoms with Crippen LogP contribution in [0.2, 0.25) is 0 Å². The Kier molecular flexibility index (Phi) is 10.3. The van der Waals surface area contributed by atoms with Crippen LogP contribution in [0.15, 0.2) is 103 Å². The Morgan fingerprint density at radius 1 is 0.600 bits per heavy atom. The van der Waals surface area contributed by atoms with Crippen LogP contribution < -0.4 is 16.4 Å². The summed E-state index contributed by atoms with van der Waals surface area (Å²) in [4.78, 5) is 31.4. The van der Waals surface area contributed by atoms with Crippen molar-refractivity contribution in [1.82, 2.24) is 19.9 Å². The van der Waals surface area contributed by atoms with Gasteiger partial charge in [-0.3, -0.25) is 9.97 Å². The number of anilines is 3. The van der Waals surface area contributed by atoms with Crippen LogP contribution in [0.5, 0.6) is 0 Å². The second-order valence-corrected chi connectivity index (χ2v) is 14.5. The molecular weight excluding hydrogens is 683 g/mol. The molecule has 276 valence electrons. The Hall–Kier alpha value is -6.61. The van der Waals surface area contributed by atoms with Gasteiger partial charge in [0.25, 0.3) is 0 Å². The van der Waals surface area contributed by atoms with Gasteiger partial charge in [0, 0.05) is 53.7 Å². The van der Waals surface area contributed by atoms with Gasteiger partial charge >= 0.3 is 5.97 Å². The highest BCUT2D eigenvalue weighted by Crippen LogP contribution is 2.30. The van der Waals surface area contributed by atoms with E-state index in [4.69, 9.17) is 16.6 Å². The zero-order chi connectivity index (χ0) is 38.8. The lowest BCUT2D eigenvalue weighted by atomic mass is 9.98. The van der Waals surface area contributed by atoms with Gasteiger partial charge < -0.3 is 21.5 Å². The van der Waals surface area contributed by atoms with Crippen LogP contribution in [0.1, 0.15) is 49.3 Å². The Morgan fingerprint density at radius 3 is 1.60 bits per heavy atom. The number of nitrogen functional groups attached to an aromatic ring is 2. The van der Waals surface area contributed by atoms with Crippen molar-refractivity contribution >= 4 is 66.9 Å². The van der Waals surface area contributed by atoms with Crippen molar-refractivity contribution in [2.45, 2.75) is 46.5 Å². The second kappa shape index (κ2) is 15.4. The van der Waals surface area contributed by atoms with Crippen LogP contribution in [0.3, 0.4) is 0 Å². The number of carboxylic acid groups (broad SMARTS) is 1. The zero-order valence-corrected chi connectivity index (χ0v) is 31.9. The third kappa shape index (κ3) is 8.01. The minimum atomic E-state index is -0.901. The molecular formula is C46H45N7O2. The smallest absolute Gasteiger partial charge is 0.335 e. The average Bonchev–Trinajstić information content (AvgIpc) is 3.16. The summed E-state index contributed by atoms with van der Waals surface area (Å²) in [6, 6.07) is 30.8. The van der Waals surface area contributed by atoms with Crippen LogP contribution in [-0.2, 0) is 25.7 Å². The fourth-order valence-corrected chi connectivity index (χ4v) is 7.04. The van der Waals surface area contributed by atoms with E-state index in [-0.39, 0.29) is 0 Å². The molecule has 4 aromatic carbocycles. The molecule has 0 bridgehead atoms. The van der Waals surface area contributed by atoms with Crippen molar-refractivity contribution in [3.63, 3.8) is 0 Å². The first kappa shape index (κ1) is 36.7. The largest absolute Gasteiger partial charge is 0.478 e. The summed E-state index contributed by atoms with van der Waals surface area (Å²) in [6.07, 6.45) is 7.33. The van der Waals surface area contributed by atoms with E-state index in [1.54, 1.807) is 12.1 Å². The van der Waals surface area contributed by atoms with E-state index in [0.717, 1.165) is 91.5 Å². The topological polar surface area (TPSA) is 144 Å². The van der Waals surface area contributed by atoms with Gasteiger partial charge in [0.05, 0.1) is 16.6 Å². The van der Waals surface area contributed by atoms with Crippen LogP contribution in [0.4, 0.5) is 17.3 Å². The van der Waals surface area contributed by atoms with Gasteiger partial charge in [-0.05, 0) is 134 Å². The molecule has 0 fully saturated rings. The molecule has 55 heavy (non-hydrogen) atoms. The zero-order valence-electron chi connectivity index (χ0n) is 31.9. The number of carboxylic acids is 1. The highest BCUT2D eigenvalue weighted by molar-refractivity contribution is 6.09. The maximum Gasteiger partial charge on any atom is 0.335 e. The van der Waals surface area contributed by atoms with Crippen LogP contribution in [-0.4, -0.2) is 45.1 Å². The number of nitrogens with zero attached hydrogens (tertiary/aromatic N) is 5. The fraction of sp³-hybridized carbons (Fsp3) is 0.196. The van der Waals surface area contributed by atoms with Crippen molar-refractivity contribution in [3.8, 4) is 0 Å². The summed E-state index contributed by atoms with van der Waals surface area (Å²) in [5.41, 5.74) is 25.2. The first-order valence-corrected chi connectivity index (χ1v) is 18.4. The monoisotopic (exact) mass is 727 g/mol. The quantitative estimate of drug-likeness (QED) is 0.131. The molecule has 0 radical (unpaired) electrons. The average molecular weight is 728 g/mol. The molecule has 0 atom stereocenters. The number of hydrogen-bond acceptors (Lipinski definition) is 8. The van der Waals surface area contributed by atoms with E-state index in [9.17, 15) is 4.79 Å². The lowest BCUT2D eigenvalue weighted by Gasteiger charge is -2.13. The maximum absolute atomic E-state index is 11.1. The van der Waals surface area contributed by atoms with Crippen LogP contribution >= 0.6 is 0 Å². The number of fused-ring (bicyclic) bond motifs is 6. The number of nitrogens with two attached hydrogens (primary N) is 2. The molecule has 0 aliphatic heterocycles. The van der Waals surface area contributed by atoms with Gasteiger partial charge in [0.1, 0.15) is 11.0 Å². The first-order valence-electron chi connectivity index (χ1n) is 18.4. The molecule has 0 spiro atoms. The highest BCUT2D eigenvalue weighted by Gasteiger charge is 2.12. The van der Waals surface area contributed by atoms with Crippen LogP contribution in [0, 0.1) is 20.8 Å². The van der Waals surface area contributed by atoms with Gasteiger partial charge in [-0.1, -0.05) is 42.5 Å². The third-order valence-electron chi connectivity index (χ3n) is 10.2. The predicted molar refractivity (Wildman–Crippen MR) is 226 cm³/mol. The Bertz CT molecular complexity index is 2730. The van der Waals surface area contributed by atoms with Crippen LogP contribution in [0.25, 0.3) is 43.6 Å². The first-order chi connectivity index (χ1) is 26.4. The molecule has 0 amide bonds. The van der Waals surface area contributed by atoms with E-state index >= 15 is 0 Å². The SMILES string of the molecule is Cc1ccc2c(c1)nc(N)c1ncc(CCc3ccc(C(=O)O)cc3C)cc12.Cc1ccc2c(c1)nc(N)c1ncc(CCc3ccc(N(C)C)cc3)cc12. The number of pyridine rings is 4. The number of rotatable bonds is 8. The summed E-state index contributed by atoms with van der Waals surface area (Å²) in [5, 5.41) is 13.4. The molecule has 0 aliphatic rings. The van der Waals surface area contributed by atoms with E-state index in [2.05, 4.69) is 113 Å². The predicted octanol–water partition coefficient (Wildman–Crippen LogP) is 8.99. The van der Waals surface area contributed by atoms with Crippen molar-refractivity contribution in [2.24, 2.45) is 0 Å². The number of carbonyl (C=O) groups is 1. The van der Waals surface area contributed by atoms with Crippen molar-refractivity contribution < 1.29 is 9.90 Å². The number of benzene rings is 4. The molecule has 0 saturated carbocycles. The van der Waals surface area contributed by atoms with E-state index in [0.29, 0.717) is 17.2 Å². The minimum Gasteiger partial charge on any atom is -0.478 e. The second-order valence-electron chi connectivity index (χ2n) is 14.5. The van der Waals surface area contributed by atoms with Crippen molar-refractivity contribution in [3.05, 3.63) is 148 Å². The fourth-order valence-electron chi connectivity index (χ4n) is 7.04. The van der Waals surface area contributed by atoms with E-state index < -0.39 is 5.97 Å². The van der Waals surface area contributed by atoms with Gasteiger partial charge in [-0.15, -0.1) is 0 Å². The normalized spacial score (nSPS) is 11.2. The van der Waals surface area contributed by atoms with E-state index in [1.165, 1.54) is 22.4 Å². The number of aryl methyl sites for hydroxylation is 7. The van der Waals surface area contributed by atoms with E-state index in [1.807, 2.05) is 38.4 Å². The van der Waals surface area contributed by atoms with Gasteiger partial charge in [0.2, 0.25) is 0 Å². The van der Waals surface area contributed by atoms with Crippen molar-refractivity contribution in [1.29, 1.82) is 0 Å². The number of hydrogen-bond donors (Lipinski definition) is 3. The summed E-state index contributed by atoms with van der Waals surface area (Å²) >= 11 is 0. The minimum absolute atomic E-state index is 0.318. The lowest BCUT2D eigenvalue weighted by Crippen LogP contribution is -2.08. The lowest BCUT2D eigenvalue weighted by molar-refractivity contribution is 0.0696. The maximum atomic E-state index is 11.1. The van der Waals surface area contributed by atoms with Gasteiger partial charge in [0.15, 0.2) is 11.6 Å². The molecule has 0 aliphatic carbocycles. The molecule has 8 rings (SSSR count). The summed E-state index contributed by atoms with van der Waals surface area (Å²) < 4.78 is 0. The summed E-state index contributed by atoms with van der Waals surface area (Å²) in [7, 11) is 4.12. The Balaban J connectivity index is 0.000000169. The Labute approximate surface area is 320 Å². The molecule has 5 N–H and O–H groups in total.